The van der Waals surface area contributed by atoms with Crippen LogP contribution in [0.4, 0.5) is 0 Å². The fourth-order valence-corrected chi connectivity index (χ4v) is 3.57. The minimum atomic E-state index is -0.367. The van der Waals surface area contributed by atoms with Gasteiger partial charge in [-0.15, -0.1) is 0 Å². The summed E-state index contributed by atoms with van der Waals surface area (Å²) in [5.41, 5.74) is 3.18. The third-order valence-electron chi connectivity index (χ3n) is 5.49. The molecule has 3 aromatic heterocycles. The fourth-order valence-electron chi connectivity index (χ4n) is 3.57. The van der Waals surface area contributed by atoms with Crippen LogP contribution < -0.4 is 15.5 Å². The molecule has 0 aliphatic heterocycles. The summed E-state index contributed by atoms with van der Waals surface area (Å²) in [5.74, 6) is -0.367. The number of rotatable bonds is 4. The minimum Gasteiger partial charge on any atom is -0.618 e. The van der Waals surface area contributed by atoms with E-state index in [1.807, 2.05) is 30.3 Å². The predicted molar refractivity (Wildman–Crippen MR) is 117 cm³/mol. The van der Waals surface area contributed by atoms with Gasteiger partial charge in [-0.1, -0.05) is 12.1 Å². The molecule has 4 aromatic rings. The van der Waals surface area contributed by atoms with Crippen LogP contribution in [0, 0.1) is 12.1 Å². The van der Waals surface area contributed by atoms with E-state index < -0.39 is 0 Å². The molecule has 3 heterocycles. The number of amides is 1. The first kappa shape index (κ1) is 19.0. The van der Waals surface area contributed by atoms with Crippen molar-refractivity contribution in [1.29, 1.82) is 0 Å². The molecule has 1 aromatic carbocycles. The van der Waals surface area contributed by atoms with Crippen LogP contribution in [-0.4, -0.2) is 21.5 Å². The van der Waals surface area contributed by atoms with Crippen LogP contribution >= 0.6 is 0 Å². The normalized spacial score (nSPS) is 13.3. The van der Waals surface area contributed by atoms with Crippen LogP contribution in [0.15, 0.2) is 71.9 Å². The van der Waals surface area contributed by atoms with Gasteiger partial charge in [-0.3, -0.25) is 9.59 Å². The van der Waals surface area contributed by atoms with E-state index in [9.17, 15) is 14.8 Å². The Bertz CT molecular complexity index is 1390. The quantitative estimate of drug-likeness (QED) is 0.412. The van der Waals surface area contributed by atoms with Gasteiger partial charge in [-0.2, -0.15) is 4.73 Å². The SMILES string of the molecule is Cc1ccc(-c2cccc(-n3cc(C(=O)NC4CC4)c(=O)c4cccnc43)c2)c[n+]1[O-]. The monoisotopic (exact) mass is 412 g/mol. The molecule has 1 aliphatic rings. The van der Waals surface area contributed by atoms with Crippen LogP contribution in [0.2, 0.25) is 0 Å². The molecule has 5 rings (SSSR count). The molecule has 0 unspecified atom stereocenters. The highest BCUT2D eigenvalue weighted by Gasteiger charge is 2.26. The van der Waals surface area contributed by atoms with Gasteiger partial charge in [0.15, 0.2) is 11.9 Å². The van der Waals surface area contributed by atoms with Gasteiger partial charge in [-0.05, 0) is 48.7 Å². The number of hydrogen-bond donors (Lipinski definition) is 1. The molecule has 0 atom stereocenters. The van der Waals surface area contributed by atoms with E-state index in [1.54, 1.807) is 42.1 Å². The fraction of sp³-hybridized carbons (Fsp3) is 0.167. The van der Waals surface area contributed by atoms with E-state index >= 15 is 0 Å². The van der Waals surface area contributed by atoms with Gasteiger partial charge in [0.25, 0.3) is 5.91 Å². The summed E-state index contributed by atoms with van der Waals surface area (Å²) in [6.07, 6.45) is 6.58. The standard InChI is InChI=1S/C24H20N4O3/c1-15-7-8-17(13-28(15)31)16-4-2-5-19(12-16)27-14-21(24(30)26-18-9-10-18)22(29)20-6-3-11-25-23(20)27/h2-8,11-14,18H,9-10H2,1H3,(H,26,30). The van der Waals surface area contributed by atoms with Gasteiger partial charge in [0.2, 0.25) is 5.43 Å². The van der Waals surface area contributed by atoms with Crippen molar-refractivity contribution < 1.29 is 9.52 Å². The molecule has 1 amide bonds. The predicted octanol–water partition coefficient (Wildman–Crippen LogP) is 2.89. The highest BCUT2D eigenvalue weighted by atomic mass is 16.5. The molecule has 7 nitrogen and oxygen atoms in total. The summed E-state index contributed by atoms with van der Waals surface area (Å²) in [4.78, 5) is 30.1. The van der Waals surface area contributed by atoms with Gasteiger partial charge in [0.1, 0.15) is 11.2 Å². The van der Waals surface area contributed by atoms with Crippen molar-refractivity contribution in [2.45, 2.75) is 25.8 Å². The Morgan fingerprint density at radius 3 is 2.77 bits per heavy atom. The Labute approximate surface area is 178 Å². The Morgan fingerprint density at radius 2 is 2.00 bits per heavy atom. The van der Waals surface area contributed by atoms with Crippen LogP contribution in [0.5, 0.6) is 0 Å². The average Bonchev–Trinajstić information content (AvgIpc) is 3.60. The lowest BCUT2D eigenvalue weighted by Crippen LogP contribution is -2.31. The van der Waals surface area contributed by atoms with Crippen LogP contribution in [-0.2, 0) is 0 Å². The molecule has 1 saturated carbocycles. The van der Waals surface area contributed by atoms with Gasteiger partial charge in [-0.25, -0.2) is 4.98 Å². The van der Waals surface area contributed by atoms with Gasteiger partial charge in [0, 0.05) is 42.7 Å². The smallest absolute Gasteiger partial charge is 0.257 e. The average molecular weight is 412 g/mol. The molecule has 154 valence electrons. The molecule has 0 radical (unpaired) electrons. The molecule has 31 heavy (non-hydrogen) atoms. The second kappa shape index (κ2) is 7.36. The zero-order valence-electron chi connectivity index (χ0n) is 16.9. The van der Waals surface area contributed by atoms with E-state index in [1.165, 1.54) is 6.20 Å². The zero-order chi connectivity index (χ0) is 21.5. The molecular formula is C24H20N4O3. The first-order chi connectivity index (χ1) is 15.0. The highest BCUT2D eigenvalue weighted by Crippen LogP contribution is 2.24. The van der Waals surface area contributed by atoms with Crippen molar-refractivity contribution in [3.8, 4) is 16.8 Å². The second-order valence-electron chi connectivity index (χ2n) is 7.80. The number of pyridine rings is 3. The molecule has 1 N–H and O–H groups in total. The molecule has 0 spiro atoms. The Balaban J connectivity index is 1.67. The van der Waals surface area contributed by atoms with Gasteiger partial charge in [0.05, 0.1) is 5.39 Å². The summed E-state index contributed by atoms with van der Waals surface area (Å²) in [5, 5.41) is 15.3. The molecule has 0 bridgehead atoms. The number of carbonyl (C=O) groups excluding carboxylic acids is 1. The molecule has 0 saturated heterocycles. The maximum Gasteiger partial charge on any atom is 0.257 e. The lowest BCUT2D eigenvalue weighted by Gasteiger charge is -2.14. The maximum absolute atomic E-state index is 13.0. The first-order valence-electron chi connectivity index (χ1n) is 10.1. The third kappa shape index (κ3) is 3.54. The van der Waals surface area contributed by atoms with E-state index in [-0.39, 0.29) is 22.9 Å². The molecular weight excluding hydrogens is 392 g/mol. The van der Waals surface area contributed by atoms with Crippen LogP contribution in [0.3, 0.4) is 0 Å². The lowest BCUT2D eigenvalue weighted by molar-refractivity contribution is -0.611. The van der Waals surface area contributed by atoms with E-state index in [4.69, 9.17) is 0 Å². The minimum absolute atomic E-state index is 0.0885. The number of hydrogen-bond acceptors (Lipinski definition) is 4. The number of benzene rings is 1. The van der Waals surface area contributed by atoms with Crippen LogP contribution in [0.25, 0.3) is 27.8 Å². The summed E-state index contributed by atoms with van der Waals surface area (Å²) in [7, 11) is 0. The third-order valence-corrected chi connectivity index (χ3v) is 5.49. The zero-order valence-corrected chi connectivity index (χ0v) is 16.9. The first-order valence-corrected chi connectivity index (χ1v) is 10.1. The summed E-state index contributed by atoms with van der Waals surface area (Å²) in [6, 6.07) is 14.7. The van der Waals surface area contributed by atoms with E-state index in [2.05, 4.69) is 10.3 Å². The Kier molecular flexibility index (Phi) is 4.51. The molecule has 1 aliphatic carbocycles. The number of nitrogens with one attached hydrogen (secondary N) is 1. The van der Waals surface area contributed by atoms with Gasteiger partial charge >= 0.3 is 0 Å². The second-order valence-corrected chi connectivity index (χ2v) is 7.80. The van der Waals surface area contributed by atoms with Crippen molar-refractivity contribution in [3.05, 3.63) is 93.8 Å². The van der Waals surface area contributed by atoms with Crippen molar-refractivity contribution >= 4 is 16.9 Å². The largest absolute Gasteiger partial charge is 0.618 e. The lowest BCUT2D eigenvalue weighted by atomic mass is 10.1. The van der Waals surface area contributed by atoms with E-state index in [0.717, 1.165) is 34.4 Å². The van der Waals surface area contributed by atoms with E-state index in [0.29, 0.717) is 16.7 Å². The topological polar surface area (TPSA) is 90.9 Å². The van der Waals surface area contributed by atoms with Crippen molar-refractivity contribution in [3.63, 3.8) is 0 Å². The number of aromatic nitrogens is 3. The van der Waals surface area contributed by atoms with Crippen LogP contribution in [0.1, 0.15) is 28.9 Å². The Morgan fingerprint density at radius 1 is 1.16 bits per heavy atom. The number of nitrogens with zero attached hydrogens (tertiary/aromatic N) is 3. The summed E-state index contributed by atoms with van der Waals surface area (Å²) in [6.45, 7) is 1.75. The molecule has 1 fully saturated rings. The highest BCUT2D eigenvalue weighted by molar-refractivity contribution is 5.97. The number of aryl methyl sites for hydroxylation is 1. The summed E-state index contributed by atoms with van der Waals surface area (Å²) < 4.78 is 2.58. The van der Waals surface area contributed by atoms with Crippen molar-refractivity contribution in [2.24, 2.45) is 0 Å². The van der Waals surface area contributed by atoms with Crippen molar-refractivity contribution in [2.75, 3.05) is 0 Å². The number of carbonyl (C=O) groups is 1. The van der Waals surface area contributed by atoms with Crippen molar-refractivity contribution in [1.82, 2.24) is 14.9 Å². The summed E-state index contributed by atoms with van der Waals surface area (Å²) >= 11 is 0. The number of fused-ring (bicyclic) bond motifs is 1. The molecule has 7 heteroatoms. The van der Waals surface area contributed by atoms with Gasteiger partial charge < -0.3 is 15.1 Å². The Hall–Kier alpha value is -4.00. The maximum atomic E-state index is 13.0.